The molecule has 1 fully saturated rings. The standard InChI is InChI=1S/C26H26N4O3/c31-23(27-20-8-2-1-3-9-20)18-29-14-12-28(13-15-29)16-17-30-25(32)21-10-4-6-19-7-5-11-22(24(19)21)26(30)33/h1-11H,12-18H2,(H,27,31). The maximum atomic E-state index is 13.0. The van der Waals surface area contributed by atoms with Crippen molar-refractivity contribution in [2.45, 2.75) is 0 Å². The van der Waals surface area contributed by atoms with E-state index in [1.165, 1.54) is 4.90 Å². The van der Waals surface area contributed by atoms with Gasteiger partial charge >= 0.3 is 0 Å². The van der Waals surface area contributed by atoms with Crippen molar-refractivity contribution >= 4 is 34.2 Å². The smallest absolute Gasteiger partial charge is 0.261 e. The first-order valence-corrected chi connectivity index (χ1v) is 11.3. The molecule has 0 saturated carbocycles. The highest BCUT2D eigenvalue weighted by Gasteiger charge is 2.32. The Hall–Kier alpha value is -3.55. The molecule has 0 aromatic heterocycles. The maximum absolute atomic E-state index is 13.0. The minimum Gasteiger partial charge on any atom is -0.325 e. The third-order valence-corrected chi connectivity index (χ3v) is 6.39. The lowest BCUT2D eigenvalue weighted by Gasteiger charge is -2.35. The van der Waals surface area contributed by atoms with Gasteiger partial charge in [0, 0.05) is 61.5 Å². The number of hydrogen-bond acceptors (Lipinski definition) is 5. The Morgan fingerprint density at radius 3 is 1.97 bits per heavy atom. The van der Waals surface area contributed by atoms with Crippen LogP contribution in [0.25, 0.3) is 10.8 Å². The number of anilines is 1. The Morgan fingerprint density at radius 1 is 0.727 bits per heavy atom. The quantitative estimate of drug-likeness (QED) is 0.595. The number of nitrogens with zero attached hydrogens (tertiary/aromatic N) is 3. The third kappa shape index (κ3) is 4.37. The van der Waals surface area contributed by atoms with Crippen molar-refractivity contribution in [1.29, 1.82) is 0 Å². The maximum Gasteiger partial charge on any atom is 0.261 e. The van der Waals surface area contributed by atoms with Crippen LogP contribution in [0, 0.1) is 0 Å². The second kappa shape index (κ2) is 9.13. The zero-order valence-corrected chi connectivity index (χ0v) is 18.4. The highest BCUT2D eigenvalue weighted by Crippen LogP contribution is 2.29. The molecule has 0 spiro atoms. The van der Waals surface area contributed by atoms with E-state index >= 15 is 0 Å². The van der Waals surface area contributed by atoms with Crippen molar-refractivity contribution in [1.82, 2.24) is 14.7 Å². The second-order valence-electron chi connectivity index (χ2n) is 8.50. The summed E-state index contributed by atoms with van der Waals surface area (Å²) in [4.78, 5) is 44.1. The number of nitrogens with one attached hydrogen (secondary N) is 1. The summed E-state index contributed by atoms with van der Waals surface area (Å²) in [6, 6.07) is 20.6. The number of carbonyl (C=O) groups is 3. The molecule has 5 rings (SSSR count). The van der Waals surface area contributed by atoms with Gasteiger partial charge in [0.15, 0.2) is 0 Å². The Labute approximate surface area is 192 Å². The zero-order valence-electron chi connectivity index (χ0n) is 18.4. The van der Waals surface area contributed by atoms with Crippen molar-refractivity contribution in [2.24, 2.45) is 0 Å². The van der Waals surface area contributed by atoms with Crippen molar-refractivity contribution in [3.63, 3.8) is 0 Å². The minimum atomic E-state index is -0.222. The Kier molecular flexibility index (Phi) is 5.90. The molecule has 0 radical (unpaired) electrons. The van der Waals surface area contributed by atoms with E-state index in [0.29, 0.717) is 30.8 Å². The van der Waals surface area contributed by atoms with Crippen LogP contribution in [-0.2, 0) is 4.79 Å². The molecular formula is C26H26N4O3. The van der Waals surface area contributed by atoms with Crippen LogP contribution < -0.4 is 5.32 Å². The fraction of sp³-hybridized carbons (Fsp3) is 0.269. The fourth-order valence-corrected chi connectivity index (χ4v) is 4.62. The topological polar surface area (TPSA) is 73.0 Å². The van der Waals surface area contributed by atoms with E-state index < -0.39 is 0 Å². The van der Waals surface area contributed by atoms with Gasteiger partial charge in [0.2, 0.25) is 5.91 Å². The molecular weight excluding hydrogens is 416 g/mol. The molecule has 3 aromatic rings. The SMILES string of the molecule is O=C(CN1CCN(CCN2C(=O)c3cccc4cccc(c34)C2=O)CC1)Nc1ccccc1. The number of piperazine rings is 1. The molecule has 0 atom stereocenters. The van der Waals surface area contributed by atoms with Crippen LogP contribution >= 0.6 is 0 Å². The molecule has 1 N–H and O–H groups in total. The van der Waals surface area contributed by atoms with Crippen LogP contribution in [0.1, 0.15) is 20.7 Å². The minimum absolute atomic E-state index is 0.0213. The molecule has 7 nitrogen and oxygen atoms in total. The fourth-order valence-electron chi connectivity index (χ4n) is 4.62. The summed E-state index contributed by atoms with van der Waals surface area (Å²) in [5.41, 5.74) is 1.99. The molecule has 7 heteroatoms. The average Bonchev–Trinajstić information content (AvgIpc) is 2.84. The predicted octanol–water partition coefficient (Wildman–Crippen LogP) is 2.69. The summed E-state index contributed by atoms with van der Waals surface area (Å²) < 4.78 is 0. The number of hydrogen-bond donors (Lipinski definition) is 1. The number of amides is 3. The summed E-state index contributed by atoms with van der Waals surface area (Å²) >= 11 is 0. The number of imide groups is 1. The van der Waals surface area contributed by atoms with Crippen LogP contribution in [0.15, 0.2) is 66.7 Å². The van der Waals surface area contributed by atoms with E-state index in [0.717, 1.165) is 42.6 Å². The van der Waals surface area contributed by atoms with Crippen molar-refractivity contribution in [2.75, 3.05) is 51.1 Å². The van der Waals surface area contributed by atoms with Gasteiger partial charge in [-0.15, -0.1) is 0 Å². The van der Waals surface area contributed by atoms with Gasteiger partial charge in [0.25, 0.3) is 11.8 Å². The molecule has 2 aliphatic rings. The van der Waals surface area contributed by atoms with Crippen LogP contribution in [0.4, 0.5) is 5.69 Å². The molecule has 2 heterocycles. The van der Waals surface area contributed by atoms with Gasteiger partial charge in [-0.25, -0.2) is 0 Å². The predicted molar refractivity (Wildman–Crippen MR) is 127 cm³/mol. The van der Waals surface area contributed by atoms with Crippen LogP contribution in [0.2, 0.25) is 0 Å². The molecule has 33 heavy (non-hydrogen) atoms. The van der Waals surface area contributed by atoms with E-state index in [4.69, 9.17) is 0 Å². The van der Waals surface area contributed by atoms with Gasteiger partial charge in [-0.3, -0.25) is 29.1 Å². The van der Waals surface area contributed by atoms with Gasteiger partial charge < -0.3 is 5.32 Å². The Balaban J connectivity index is 1.14. The van der Waals surface area contributed by atoms with Crippen molar-refractivity contribution in [3.8, 4) is 0 Å². The highest BCUT2D eigenvalue weighted by molar-refractivity contribution is 6.25. The summed E-state index contributed by atoms with van der Waals surface area (Å²) in [6.07, 6.45) is 0. The molecule has 2 aliphatic heterocycles. The van der Waals surface area contributed by atoms with Crippen molar-refractivity contribution < 1.29 is 14.4 Å². The van der Waals surface area contributed by atoms with E-state index in [9.17, 15) is 14.4 Å². The molecule has 0 aliphatic carbocycles. The van der Waals surface area contributed by atoms with Gasteiger partial charge in [0.05, 0.1) is 6.54 Å². The lowest BCUT2D eigenvalue weighted by molar-refractivity contribution is -0.117. The number of para-hydroxylation sites is 1. The zero-order chi connectivity index (χ0) is 22.8. The lowest BCUT2D eigenvalue weighted by atomic mass is 9.94. The number of rotatable bonds is 6. The van der Waals surface area contributed by atoms with Gasteiger partial charge in [-0.2, -0.15) is 0 Å². The van der Waals surface area contributed by atoms with E-state index in [2.05, 4.69) is 15.1 Å². The van der Waals surface area contributed by atoms with E-state index in [1.54, 1.807) is 12.1 Å². The molecule has 168 valence electrons. The largest absolute Gasteiger partial charge is 0.325 e. The molecule has 0 bridgehead atoms. The van der Waals surface area contributed by atoms with Crippen LogP contribution in [0.5, 0.6) is 0 Å². The summed E-state index contributed by atoms with van der Waals surface area (Å²) in [6.45, 7) is 4.46. The summed E-state index contributed by atoms with van der Waals surface area (Å²) in [5.74, 6) is -0.465. The first-order chi connectivity index (χ1) is 16.1. The Morgan fingerprint density at radius 2 is 1.33 bits per heavy atom. The first-order valence-electron chi connectivity index (χ1n) is 11.3. The molecule has 1 saturated heterocycles. The lowest BCUT2D eigenvalue weighted by Crippen LogP contribution is -2.51. The number of benzene rings is 3. The van der Waals surface area contributed by atoms with Crippen LogP contribution in [-0.4, -0.2) is 78.2 Å². The van der Waals surface area contributed by atoms with Crippen LogP contribution in [0.3, 0.4) is 0 Å². The number of carbonyl (C=O) groups excluding carboxylic acids is 3. The second-order valence-corrected chi connectivity index (χ2v) is 8.50. The molecule has 3 aromatic carbocycles. The van der Waals surface area contributed by atoms with Crippen molar-refractivity contribution in [3.05, 3.63) is 77.9 Å². The first kappa shape index (κ1) is 21.3. The average molecular weight is 443 g/mol. The highest BCUT2D eigenvalue weighted by atomic mass is 16.2. The monoisotopic (exact) mass is 442 g/mol. The van der Waals surface area contributed by atoms with Gasteiger partial charge in [-0.05, 0) is 29.7 Å². The van der Waals surface area contributed by atoms with Gasteiger partial charge in [0.1, 0.15) is 0 Å². The Bertz CT molecular complexity index is 1150. The summed E-state index contributed by atoms with van der Waals surface area (Å²) in [7, 11) is 0. The van der Waals surface area contributed by atoms with E-state index in [1.807, 2.05) is 54.6 Å². The third-order valence-electron chi connectivity index (χ3n) is 6.39. The normalized spacial score (nSPS) is 16.9. The van der Waals surface area contributed by atoms with E-state index in [-0.39, 0.29) is 17.7 Å². The molecule has 3 amide bonds. The summed E-state index contributed by atoms with van der Waals surface area (Å²) in [5, 5.41) is 4.59. The van der Waals surface area contributed by atoms with Gasteiger partial charge in [-0.1, -0.05) is 42.5 Å². The molecule has 0 unspecified atom stereocenters.